The van der Waals surface area contributed by atoms with Crippen molar-refractivity contribution in [2.45, 2.75) is 27.2 Å². The van der Waals surface area contributed by atoms with Gasteiger partial charge in [0.05, 0.1) is 4.47 Å². The second-order valence-electron chi connectivity index (χ2n) is 2.02. The molecule has 0 aliphatic heterocycles. The normalized spacial score (nSPS) is 8.67. The van der Waals surface area contributed by atoms with Gasteiger partial charge < -0.3 is 5.73 Å². The third-order valence-electron chi connectivity index (χ3n) is 1.29. The van der Waals surface area contributed by atoms with Gasteiger partial charge in [0.1, 0.15) is 5.82 Å². The maximum atomic E-state index is 5.54. The van der Waals surface area contributed by atoms with Crippen LogP contribution in [0.1, 0.15) is 26.5 Å². The molecule has 0 saturated heterocycles. The van der Waals surface area contributed by atoms with Crippen molar-refractivity contribution in [3.63, 3.8) is 0 Å². The Labute approximate surface area is 82.3 Å². The summed E-state index contributed by atoms with van der Waals surface area (Å²) in [5.41, 5.74) is 6.57. The van der Waals surface area contributed by atoms with Gasteiger partial charge in [0, 0.05) is 5.69 Å². The van der Waals surface area contributed by atoms with Crippen LogP contribution in [-0.4, -0.2) is 4.98 Å². The molecular formula is C9H15BrN2. The monoisotopic (exact) mass is 230 g/mol. The second kappa shape index (κ2) is 6.00. The summed E-state index contributed by atoms with van der Waals surface area (Å²) in [6, 6.07) is 3.88. The van der Waals surface area contributed by atoms with E-state index in [0.29, 0.717) is 5.82 Å². The number of nitrogens with two attached hydrogens (primary N) is 1. The van der Waals surface area contributed by atoms with Crippen molar-refractivity contribution in [3.8, 4) is 0 Å². The van der Waals surface area contributed by atoms with Gasteiger partial charge in [-0.15, -0.1) is 0 Å². The van der Waals surface area contributed by atoms with E-state index in [0.717, 1.165) is 16.6 Å². The topological polar surface area (TPSA) is 38.9 Å². The van der Waals surface area contributed by atoms with Gasteiger partial charge in [-0.25, -0.2) is 4.98 Å². The number of aryl methyl sites for hydroxylation is 1. The Morgan fingerprint density at radius 1 is 1.42 bits per heavy atom. The summed E-state index contributed by atoms with van der Waals surface area (Å²) in [6.07, 6.45) is 0.928. The summed E-state index contributed by atoms with van der Waals surface area (Å²) >= 11 is 3.27. The van der Waals surface area contributed by atoms with Crippen LogP contribution in [0.3, 0.4) is 0 Å². The highest BCUT2D eigenvalue weighted by atomic mass is 79.9. The Kier molecular flexibility index (Phi) is 5.72. The zero-order valence-electron chi connectivity index (χ0n) is 7.76. The highest BCUT2D eigenvalue weighted by Gasteiger charge is 1.95. The van der Waals surface area contributed by atoms with Crippen LogP contribution in [0.2, 0.25) is 0 Å². The van der Waals surface area contributed by atoms with Gasteiger partial charge in [-0.1, -0.05) is 20.8 Å². The lowest BCUT2D eigenvalue weighted by Crippen LogP contribution is -1.94. The number of hydrogen-bond donors (Lipinski definition) is 1. The molecule has 0 aromatic carbocycles. The number of nitrogens with zero attached hydrogens (tertiary/aromatic N) is 1. The van der Waals surface area contributed by atoms with Crippen LogP contribution in [0.4, 0.5) is 5.82 Å². The van der Waals surface area contributed by atoms with Gasteiger partial charge in [-0.2, -0.15) is 0 Å². The summed E-state index contributed by atoms with van der Waals surface area (Å²) in [5.74, 6) is 0.569. The molecule has 0 radical (unpaired) electrons. The number of hydrogen-bond acceptors (Lipinski definition) is 2. The second-order valence-corrected chi connectivity index (χ2v) is 2.88. The van der Waals surface area contributed by atoms with Gasteiger partial charge in [-0.3, -0.25) is 0 Å². The molecule has 3 heteroatoms. The summed E-state index contributed by atoms with van der Waals surface area (Å²) in [7, 11) is 0. The lowest BCUT2D eigenvalue weighted by molar-refractivity contribution is 1.04. The van der Waals surface area contributed by atoms with E-state index in [1.165, 1.54) is 0 Å². The average molecular weight is 231 g/mol. The minimum atomic E-state index is 0.569. The first-order valence-corrected chi connectivity index (χ1v) is 4.94. The van der Waals surface area contributed by atoms with E-state index >= 15 is 0 Å². The van der Waals surface area contributed by atoms with Crippen molar-refractivity contribution in [3.05, 3.63) is 22.3 Å². The van der Waals surface area contributed by atoms with Gasteiger partial charge >= 0.3 is 0 Å². The van der Waals surface area contributed by atoms with Gasteiger partial charge in [0.25, 0.3) is 0 Å². The molecule has 0 unspecified atom stereocenters. The van der Waals surface area contributed by atoms with Gasteiger partial charge in [0.15, 0.2) is 0 Å². The SMILES string of the molecule is CC.CCc1ccc(Br)c(N)n1. The van der Waals surface area contributed by atoms with Crippen LogP contribution in [0.25, 0.3) is 0 Å². The van der Waals surface area contributed by atoms with Crippen LogP contribution in [-0.2, 0) is 6.42 Å². The van der Waals surface area contributed by atoms with E-state index in [4.69, 9.17) is 5.73 Å². The van der Waals surface area contributed by atoms with E-state index in [1.54, 1.807) is 0 Å². The minimum Gasteiger partial charge on any atom is -0.383 e. The Balaban J connectivity index is 0.000000561. The van der Waals surface area contributed by atoms with Crippen LogP contribution in [0.15, 0.2) is 16.6 Å². The molecule has 0 saturated carbocycles. The molecule has 0 bridgehead atoms. The molecule has 0 atom stereocenters. The molecule has 1 aromatic rings. The Morgan fingerprint density at radius 3 is 2.42 bits per heavy atom. The maximum absolute atomic E-state index is 5.54. The highest BCUT2D eigenvalue weighted by Crippen LogP contribution is 2.16. The van der Waals surface area contributed by atoms with Gasteiger partial charge in [-0.05, 0) is 34.5 Å². The van der Waals surface area contributed by atoms with Crippen LogP contribution < -0.4 is 5.73 Å². The molecule has 2 N–H and O–H groups in total. The number of halogens is 1. The number of pyridine rings is 1. The highest BCUT2D eigenvalue weighted by molar-refractivity contribution is 9.10. The first-order valence-electron chi connectivity index (χ1n) is 4.15. The standard InChI is InChI=1S/C7H9BrN2.C2H6/c1-2-5-3-4-6(8)7(9)10-5;1-2/h3-4H,2H2,1H3,(H2,9,10);1-2H3. The molecule has 68 valence electrons. The van der Waals surface area contributed by atoms with Crippen LogP contribution >= 0.6 is 15.9 Å². The Bertz CT molecular complexity index is 236. The summed E-state index contributed by atoms with van der Waals surface area (Å²) in [5, 5.41) is 0. The fourth-order valence-electron chi connectivity index (χ4n) is 0.697. The minimum absolute atomic E-state index is 0.569. The largest absolute Gasteiger partial charge is 0.383 e. The van der Waals surface area contributed by atoms with Crippen molar-refractivity contribution in [2.75, 3.05) is 5.73 Å². The molecule has 0 aliphatic carbocycles. The molecule has 1 aromatic heterocycles. The van der Waals surface area contributed by atoms with Crippen molar-refractivity contribution in [1.82, 2.24) is 4.98 Å². The first kappa shape index (κ1) is 11.4. The van der Waals surface area contributed by atoms with Gasteiger partial charge in [0.2, 0.25) is 0 Å². The van der Waals surface area contributed by atoms with E-state index in [1.807, 2.05) is 26.0 Å². The molecule has 2 nitrogen and oxygen atoms in total. The Morgan fingerprint density at radius 2 is 2.00 bits per heavy atom. The van der Waals surface area contributed by atoms with E-state index in [-0.39, 0.29) is 0 Å². The predicted octanol–water partition coefficient (Wildman–Crippen LogP) is 3.01. The molecule has 0 spiro atoms. The van der Waals surface area contributed by atoms with E-state index in [2.05, 4.69) is 27.8 Å². The van der Waals surface area contributed by atoms with Crippen LogP contribution in [0, 0.1) is 0 Å². The summed E-state index contributed by atoms with van der Waals surface area (Å²) in [6.45, 7) is 6.05. The third kappa shape index (κ3) is 3.22. The zero-order chi connectivity index (χ0) is 9.56. The number of aromatic nitrogens is 1. The Hall–Kier alpha value is -0.570. The van der Waals surface area contributed by atoms with Crippen molar-refractivity contribution >= 4 is 21.7 Å². The molecular weight excluding hydrogens is 216 g/mol. The first-order chi connectivity index (χ1) is 5.74. The number of anilines is 1. The lowest BCUT2D eigenvalue weighted by atomic mass is 10.3. The predicted molar refractivity (Wildman–Crippen MR) is 57.1 cm³/mol. The van der Waals surface area contributed by atoms with Crippen LogP contribution in [0.5, 0.6) is 0 Å². The molecule has 0 aliphatic rings. The smallest absolute Gasteiger partial charge is 0.138 e. The fraction of sp³-hybridized carbons (Fsp3) is 0.444. The average Bonchev–Trinajstić information content (AvgIpc) is 2.13. The molecule has 0 amide bonds. The third-order valence-corrected chi connectivity index (χ3v) is 1.96. The zero-order valence-corrected chi connectivity index (χ0v) is 9.35. The van der Waals surface area contributed by atoms with E-state index in [9.17, 15) is 0 Å². The molecule has 1 rings (SSSR count). The van der Waals surface area contributed by atoms with E-state index < -0.39 is 0 Å². The summed E-state index contributed by atoms with van der Waals surface area (Å²) in [4.78, 5) is 4.12. The van der Waals surface area contributed by atoms with Crippen molar-refractivity contribution < 1.29 is 0 Å². The van der Waals surface area contributed by atoms with Crippen molar-refractivity contribution in [2.24, 2.45) is 0 Å². The maximum Gasteiger partial charge on any atom is 0.138 e. The fourth-order valence-corrected chi connectivity index (χ4v) is 0.918. The molecule has 1 heterocycles. The summed E-state index contributed by atoms with van der Waals surface area (Å²) < 4.78 is 0.865. The van der Waals surface area contributed by atoms with Crippen molar-refractivity contribution in [1.29, 1.82) is 0 Å². The molecule has 0 fully saturated rings. The lowest BCUT2D eigenvalue weighted by Gasteiger charge is -1.98. The quantitative estimate of drug-likeness (QED) is 0.806. The number of rotatable bonds is 1. The molecule has 12 heavy (non-hydrogen) atoms. The number of nitrogen functional groups attached to an aromatic ring is 1.